The average Bonchev–Trinajstić information content (AvgIpc) is 3.53. The highest BCUT2D eigenvalue weighted by atomic mass is 16.3. The Morgan fingerprint density at radius 2 is 1.81 bits per heavy atom. The molecular weight excluding hydrogens is 326 g/mol. The van der Waals surface area contributed by atoms with Gasteiger partial charge in [0.2, 0.25) is 0 Å². The monoisotopic (exact) mass is 351 g/mol. The minimum absolute atomic E-state index is 0.0581. The van der Waals surface area contributed by atoms with Crippen LogP contribution in [0.5, 0.6) is 5.75 Å². The van der Waals surface area contributed by atoms with Crippen molar-refractivity contribution in [1.82, 2.24) is 14.9 Å². The zero-order valence-electron chi connectivity index (χ0n) is 15.0. The fraction of sp³-hybridized carbons (Fsp3) is 0.476. The zero-order valence-corrected chi connectivity index (χ0v) is 15.0. The Bertz CT molecular complexity index is 754. The maximum Gasteiger partial charge on any atom is 0.257 e. The van der Waals surface area contributed by atoms with Crippen LogP contribution in [0.25, 0.3) is 0 Å². The first-order valence-electron chi connectivity index (χ1n) is 9.61. The van der Waals surface area contributed by atoms with Crippen molar-refractivity contribution < 1.29 is 9.90 Å². The number of aromatic nitrogens is 2. The van der Waals surface area contributed by atoms with Gasteiger partial charge in [-0.25, -0.2) is 9.97 Å². The van der Waals surface area contributed by atoms with Crippen LogP contribution >= 0.6 is 0 Å². The molecule has 5 heteroatoms. The second-order valence-corrected chi connectivity index (χ2v) is 7.46. The molecule has 1 saturated heterocycles. The minimum Gasteiger partial charge on any atom is -0.508 e. The van der Waals surface area contributed by atoms with E-state index in [0.29, 0.717) is 11.5 Å². The van der Waals surface area contributed by atoms with Crippen LogP contribution < -0.4 is 0 Å². The van der Waals surface area contributed by atoms with E-state index in [1.807, 2.05) is 17.0 Å². The number of hydrogen-bond acceptors (Lipinski definition) is 4. The van der Waals surface area contributed by atoms with E-state index in [0.717, 1.165) is 38.1 Å². The van der Waals surface area contributed by atoms with Gasteiger partial charge in [-0.1, -0.05) is 12.1 Å². The van der Waals surface area contributed by atoms with Crippen molar-refractivity contribution in [3.63, 3.8) is 0 Å². The molecule has 5 nitrogen and oxygen atoms in total. The van der Waals surface area contributed by atoms with E-state index in [9.17, 15) is 9.90 Å². The van der Waals surface area contributed by atoms with Crippen LogP contribution in [0, 0.1) is 0 Å². The summed E-state index contributed by atoms with van der Waals surface area (Å²) in [6, 6.07) is 7.60. The first-order chi connectivity index (χ1) is 12.7. The van der Waals surface area contributed by atoms with Crippen LogP contribution in [-0.4, -0.2) is 38.5 Å². The Labute approximate surface area is 154 Å². The predicted molar refractivity (Wildman–Crippen MR) is 99.1 cm³/mol. The highest BCUT2D eigenvalue weighted by molar-refractivity contribution is 5.93. The molecule has 136 valence electrons. The largest absolute Gasteiger partial charge is 0.508 e. The molecule has 0 radical (unpaired) electrons. The molecule has 2 fully saturated rings. The van der Waals surface area contributed by atoms with Gasteiger partial charge in [0.05, 0.1) is 5.56 Å². The van der Waals surface area contributed by atoms with Crippen LogP contribution in [-0.2, 0) is 6.42 Å². The number of aryl methyl sites for hydroxylation is 1. The number of phenols is 1. The lowest BCUT2D eigenvalue weighted by molar-refractivity contribution is 0.0601. The second kappa shape index (κ2) is 7.44. The van der Waals surface area contributed by atoms with Crippen LogP contribution in [0.3, 0.4) is 0 Å². The summed E-state index contributed by atoms with van der Waals surface area (Å²) in [6.07, 6.45) is 10.9. The van der Waals surface area contributed by atoms with Gasteiger partial charge in [-0.05, 0) is 62.6 Å². The van der Waals surface area contributed by atoms with Crippen molar-refractivity contribution in [2.24, 2.45) is 0 Å². The van der Waals surface area contributed by atoms with Gasteiger partial charge in [0.25, 0.3) is 5.91 Å². The number of piperidine rings is 1. The normalized spacial score (nSPS) is 20.2. The number of nitrogens with zero attached hydrogens (tertiary/aromatic N) is 3. The molecule has 1 aliphatic heterocycles. The fourth-order valence-corrected chi connectivity index (χ4v) is 3.73. The molecule has 26 heavy (non-hydrogen) atoms. The van der Waals surface area contributed by atoms with Gasteiger partial charge in [0.15, 0.2) is 0 Å². The van der Waals surface area contributed by atoms with Crippen molar-refractivity contribution in [2.75, 3.05) is 6.54 Å². The number of rotatable bonds is 5. The molecule has 2 heterocycles. The van der Waals surface area contributed by atoms with Crippen molar-refractivity contribution in [1.29, 1.82) is 0 Å². The van der Waals surface area contributed by atoms with Crippen molar-refractivity contribution >= 4 is 5.91 Å². The lowest BCUT2D eigenvalue weighted by Gasteiger charge is -2.36. The van der Waals surface area contributed by atoms with E-state index in [2.05, 4.69) is 9.97 Å². The Balaban J connectivity index is 1.42. The molecule has 1 amide bonds. The summed E-state index contributed by atoms with van der Waals surface area (Å²) in [7, 11) is 0. The first kappa shape index (κ1) is 17.0. The van der Waals surface area contributed by atoms with Gasteiger partial charge in [-0.3, -0.25) is 4.79 Å². The standard InChI is InChI=1S/C21H25N3O2/c25-19-10-5-15(6-11-19)4-9-18-3-1-2-12-24(18)21(26)17-13-22-20(23-14-17)16-7-8-16/h5-6,10-11,13-14,16,18,25H,1-4,7-9,12H2. The highest BCUT2D eigenvalue weighted by Crippen LogP contribution is 2.37. The number of aromatic hydroxyl groups is 1. The summed E-state index contributed by atoms with van der Waals surface area (Å²) in [5.74, 6) is 1.73. The van der Waals surface area contributed by atoms with Crippen molar-refractivity contribution in [2.45, 2.75) is 56.9 Å². The molecule has 0 spiro atoms. The van der Waals surface area contributed by atoms with E-state index in [4.69, 9.17) is 0 Å². The maximum absolute atomic E-state index is 13.0. The summed E-state index contributed by atoms with van der Waals surface area (Å²) in [4.78, 5) is 23.8. The molecular formula is C21H25N3O2. The maximum atomic E-state index is 13.0. The number of carbonyl (C=O) groups excluding carboxylic acids is 1. The zero-order chi connectivity index (χ0) is 17.9. The highest BCUT2D eigenvalue weighted by Gasteiger charge is 2.29. The number of amides is 1. The fourth-order valence-electron chi connectivity index (χ4n) is 3.73. The smallest absolute Gasteiger partial charge is 0.257 e. The van der Waals surface area contributed by atoms with Gasteiger partial charge in [-0.15, -0.1) is 0 Å². The molecule has 2 aliphatic rings. The minimum atomic E-state index is 0.0581. The summed E-state index contributed by atoms with van der Waals surface area (Å²) >= 11 is 0. The second-order valence-electron chi connectivity index (χ2n) is 7.46. The van der Waals surface area contributed by atoms with Gasteiger partial charge in [0, 0.05) is 30.9 Å². The average molecular weight is 351 g/mol. The summed E-state index contributed by atoms with van der Waals surface area (Å²) in [5, 5.41) is 9.41. The number of phenolic OH excluding ortho intramolecular Hbond substituents is 1. The van der Waals surface area contributed by atoms with Crippen LogP contribution in [0.1, 0.15) is 66.2 Å². The van der Waals surface area contributed by atoms with Crippen molar-refractivity contribution in [3.05, 3.63) is 53.6 Å². The molecule has 2 aromatic rings. The quantitative estimate of drug-likeness (QED) is 0.892. The summed E-state index contributed by atoms with van der Waals surface area (Å²) in [5.41, 5.74) is 1.80. The van der Waals surface area contributed by atoms with Gasteiger partial charge >= 0.3 is 0 Å². The molecule has 1 aromatic heterocycles. The van der Waals surface area contributed by atoms with Crippen molar-refractivity contribution in [3.8, 4) is 5.75 Å². The van der Waals surface area contributed by atoms with E-state index in [-0.39, 0.29) is 17.7 Å². The lowest BCUT2D eigenvalue weighted by atomic mass is 9.95. The van der Waals surface area contributed by atoms with Crippen LogP contribution in [0.2, 0.25) is 0 Å². The third kappa shape index (κ3) is 3.87. The molecule has 1 N–H and O–H groups in total. The first-order valence-corrected chi connectivity index (χ1v) is 9.61. The molecule has 0 bridgehead atoms. The third-order valence-corrected chi connectivity index (χ3v) is 5.45. The van der Waals surface area contributed by atoms with E-state index < -0.39 is 0 Å². The van der Waals surface area contributed by atoms with Gasteiger partial charge in [0.1, 0.15) is 11.6 Å². The number of benzene rings is 1. The Hall–Kier alpha value is -2.43. The molecule has 4 rings (SSSR count). The number of likely N-dealkylation sites (tertiary alicyclic amines) is 1. The van der Waals surface area contributed by atoms with E-state index >= 15 is 0 Å². The molecule has 1 unspecified atom stereocenters. The predicted octanol–water partition coefficient (Wildman–Crippen LogP) is 3.69. The Morgan fingerprint density at radius 3 is 2.50 bits per heavy atom. The molecule has 1 atom stereocenters. The third-order valence-electron chi connectivity index (χ3n) is 5.45. The SMILES string of the molecule is O=C(c1cnc(C2CC2)nc1)N1CCCCC1CCc1ccc(O)cc1. The molecule has 1 aliphatic carbocycles. The Kier molecular flexibility index (Phi) is 4.87. The molecule has 1 saturated carbocycles. The number of carbonyl (C=O) groups is 1. The van der Waals surface area contributed by atoms with E-state index in [1.165, 1.54) is 24.8 Å². The van der Waals surface area contributed by atoms with Crippen LogP contribution in [0.15, 0.2) is 36.7 Å². The molecule has 1 aromatic carbocycles. The topological polar surface area (TPSA) is 66.3 Å². The van der Waals surface area contributed by atoms with Crippen LogP contribution in [0.4, 0.5) is 0 Å². The van der Waals surface area contributed by atoms with Gasteiger partial charge < -0.3 is 10.0 Å². The number of hydrogen-bond donors (Lipinski definition) is 1. The summed E-state index contributed by atoms with van der Waals surface area (Å²) in [6.45, 7) is 0.809. The van der Waals surface area contributed by atoms with Gasteiger partial charge in [-0.2, -0.15) is 0 Å². The lowest BCUT2D eigenvalue weighted by Crippen LogP contribution is -2.44. The Morgan fingerprint density at radius 1 is 1.08 bits per heavy atom. The summed E-state index contributed by atoms with van der Waals surface area (Å²) < 4.78 is 0. The van der Waals surface area contributed by atoms with E-state index in [1.54, 1.807) is 24.5 Å².